The lowest BCUT2D eigenvalue weighted by Gasteiger charge is -2.12. The topological polar surface area (TPSA) is 54.0 Å². The molecule has 1 aromatic carbocycles. The molecule has 0 radical (unpaired) electrons. The minimum absolute atomic E-state index is 0.0902. The van der Waals surface area contributed by atoms with Crippen LogP contribution in [0, 0.1) is 6.92 Å². The van der Waals surface area contributed by atoms with E-state index in [1.165, 1.54) is 12.8 Å². The van der Waals surface area contributed by atoms with Crippen molar-refractivity contribution in [1.82, 2.24) is 10.3 Å². The Kier molecular flexibility index (Phi) is 4.96. The smallest absolute Gasteiger partial charge is 0.270 e. The quantitative estimate of drug-likeness (QED) is 0.825. The fraction of sp³-hybridized carbons (Fsp3) is 0.333. The van der Waals surface area contributed by atoms with E-state index in [0.29, 0.717) is 11.7 Å². The number of benzene rings is 1. The molecular weight excluding hydrogens is 354 g/mol. The second-order valence-electron chi connectivity index (χ2n) is 5.97. The third-order valence-corrected chi connectivity index (χ3v) is 5.02. The highest BCUT2D eigenvalue weighted by Gasteiger charge is 2.18. The maximum absolute atomic E-state index is 12.3. The number of nitrogens with one attached hydrogen (secondary N) is 2. The van der Waals surface area contributed by atoms with Gasteiger partial charge in [-0.25, -0.2) is 0 Å². The number of hydrogen-bond donors (Lipinski definition) is 2. The summed E-state index contributed by atoms with van der Waals surface area (Å²) < 4.78 is 1.08. The van der Waals surface area contributed by atoms with Gasteiger partial charge in [-0.2, -0.15) is 0 Å². The number of carbonyl (C=O) groups excluding carboxylic acids is 1. The molecule has 0 aliphatic heterocycles. The van der Waals surface area contributed by atoms with Gasteiger partial charge in [0.2, 0.25) is 0 Å². The number of carbonyl (C=O) groups is 1. The number of amides is 1. The Labute approximate surface area is 144 Å². The van der Waals surface area contributed by atoms with Gasteiger partial charge in [-0.05, 0) is 55.7 Å². The van der Waals surface area contributed by atoms with Gasteiger partial charge < -0.3 is 10.6 Å². The second kappa shape index (κ2) is 7.13. The van der Waals surface area contributed by atoms with E-state index in [1.807, 2.05) is 25.1 Å². The zero-order chi connectivity index (χ0) is 16.2. The van der Waals surface area contributed by atoms with Crippen LogP contribution in [0.4, 0.5) is 11.4 Å². The molecule has 1 heterocycles. The molecule has 1 fully saturated rings. The van der Waals surface area contributed by atoms with E-state index in [-0.39, 0.29) is 5.91 Å². The Bertz CT molecular complexity index is 711. The Morgan fingerprint density at radius 3 is 2.65 bits per heavy atom. The number of aromatic nitrogens is 1. The fourth-order valence-corrected chi connectivity index (χ4v) is 3.10. The lowest BCUT2D eigenvalue weighted by Crippen LogP contribution is -2.33. The van der Waals surface area contributed by atoms with Gasteiger partial charge in [0.05, 0.1) is 0 Å². The summed E-state index contributed by atoms with van der Waals surface area (Å²) in [5, 5.41) is 6.39. The maximum Gasteiger partial charge on any atom is 0.270 e. The summed E-state index contributed by atoms with van der Waals surface area (Å²) >= 11 is 3.50. The van der Waals surface area contributed by atoms with Gasteiger partial charge >= 0.3 is 0 Å². The Morgan fingerprint density at radius 1 is 1.17 bits per heavy atom. The van der Waals surface area contributed by atoms with Crippen molar-refractivity contribution in [3.8, 4) is 0 Å². The first-order chi connectivity index (χ1) is 11.1. The first-order valence-electron chi connectivity index (χ1n) is 7.92. The van der Waals surface area contributed by atoms with Crippen LogP contribution < -0.4 is 10.6 Å². The number of halogens is 1. The van der Waals surface area contributed by atoms with Crippen molar-refractivity contribution in [2.24, 2.45) is 0 Å². The van der Waals surface area contributed by atoms with Gasteiger partial charge in [-0.15, -0.1) is 0 Å². The summed E-state index contributed by atoms with van der Waals surface area (Å²) in [5.41, 5.74) is 3.45. The molecule has 2 N–H and O–H groups in total. The zero-order valence-electron chi connectivity index (χ0n) is 13.1. The molecule has 5 heteroatoms. The fourth-order valence-electron chi connectivity index (χ4n) is 2.85. The molecule has 4 nitrogen and oxygen atoms in total. The number of rotatable bonds is 4. The maximum atomic E-state index is 12.3. The molecule has 0 bridgehead atoms. The lowest BCUT2D eigenvalue weighted by molar-refractivity contribution is 0.0933. The van der Waals surface area contributed by atoms with Crippen LogP contribution in [0.15, 0.2) is 41.0 Å². The normalized spacial score (nSPS) is 14.7. The van der Waals surface area contributed by atoms with E-state index in [2.05, 4.69) is 37.6 Å². The molecule has 3 rings (SSSR count). The summed E-state index contributed by atoms with van der Waals surface area (Å²) in [6, 6.07) is 10.0. The highest BCUT2D eigenvalue weighted by Crippen LogP contribution is 2.23. The second-order valence-corrected chi connectivity index (χ2v) is 6.83. The average Bonchev–Trinajstić information content (AvgIpc) is 3.04. The van der Waals surface area contributed by atoms with Gasteiger partial charge in [-0.3, -0.25) is 9.78 Å². The SMILES string of the molecule is Cc1cc(Nc2ccnc(C(=O)NC3CCCC3)c2)ccc1Br. The molecule has 0 unspecified atom stereocenters. The minimum atomic E-state index is -0.0902. The van der Waals surface area contributed by atoms with Gasteiger partial charge in [0.1, 0.15) is 5.69 Å². The standard InChI is InChI=1S/C18H20BrN3O/c1-12-10-14(6-7-16(12)19)21-15-8-9-20-17(11-15)18(23)22-13-4-2-3-5-13/h6-11,13H,2-5H2,1H3,(H,20,21)(H,22,23). The highest BCUT2D eigenvalue weighted by atomic mass is 79.9. The van der Waals surface area contributed by atoms with Crippen molar-refractivity contribution >= 4 is 33.2 Å². The van der Waals surface area contributed by atoms with E-state index in [0.717, 1.165) is 34.3 Å². The molecule has 1 saturated carbocycles. The first-order valence-corrected chi connectivity index (χ1v) is 8.71. The van der Waals surface area contributed by atoms with Crippen LogP contribution in [0.3, 0.4) is 0 Å². The van der Waals surface area contributed by atoms with Crippen LogP contribution in [-0.2, 0) is 0 Å². The van der Waals surface area contributed by atoms with Gasteiger partial charge in [-0.1, -0.05) is 28.8 Å². The highest BCUT2D eigenvalue weighted by molar-refractivity contribution is 9.10. The van der Waals surface area contributed by atoms with Gasteiger partial charge in [0.15, 0.2) is 0 Å². The Hall–Kier alpha value is -1.88. The molecule has 0 spiro atoms. The average molecular weight is 374 g/mol. The third kappa shape index (κ3) is 4.10. The summed E-state index contributed by atoms with van der Waals surface area (Å²) in [5.74, 6) is -0.0902. The van der Waals surface area contributed by atoms with E-state index in [9.17, 15) is 4.79 Å². The van der Waals surface area contributed by atoms with Crippen LogP contribution in [0.1, 0.15) is 41.7 Å². The summed E-state index contributed by atoms with van der Waals surface area (Å²) in [7, 11) is 0. The molecular formula is C18H20BrN3O. The predicted molar refractivity (Wildman–Crippen MR) is 96.1 cm³/mol. The summed E-state index contributed by atoms with van der Waals surface area (Å²) in [6.07, 6.45) is 6.20. The summed E-state index contributed by atoms with van der Waals surface area (Å²) in [4.78, 5) is 16.5. The van der Waals surface area contributed by atoms with Crippen LogP contribution in [-0.4, -0.2) is 16.9 Å². The van der Waals surface area contributed by atoms with Crippen molar-refractivity contribution < 1.29 is 4.79 Å². The number of hydrogen-bond acceptors (Lipinski definition) is 3. The van der Waals surface area contributed by atoms with Gasteiger partial charge in [0.25, 0.3) is 5.91 Å². The molecule has 1 aromatic heterocycles. The molecule has 1 amide bonds. The van der Waals surface area contributed by atoms with Crippen molar-refractivity contribution in [2.75, 3.05) is 5.32 Å². The van der Waals surface area contributed by atoms with E-state index >= 15 is 0 Å². The minimum Gasteiger partial charge on any atom is -0.355 e. The van der Waals surface area contributed by atoms with Crippen LogP contribution in [0.2, 0.25) is 0 Å². The molecule has 1 aliphatic carbocycles. The third-order valence-electron chi connectivity index (χ3n) is 4.13. The van der Waals surface area contributed by atoms with Crippen molar-refractivity contribution in [1.29, 1.82) is 0 Å². The molecule has 0 atom stereocenters. The van der Waals surface area contributed by atoms with Crippen molar-refractivity contribution in [2.45, 2.75) is 38.6 Å². The number of aryl methyl sites for hydroxylation is 1. The van der Waals surface area contributed by atoms with E-state index < -0.39 is 0 Å². The Balaban J connectivity index is 1.71. The number of pyridine rings is 1. The molecule has 0 saturated heterocycles. The van der Waals surface area contributed by atoms with Gasteiger partial charge in [0, 0.05) is 28.1 Å². The molecule has 120 valence electrons. The summed E-state index contributed by atoms with van der Waals surface area (Å²) in [6.45, 7) is 2.04. The predicted octanol–water partition coefficient (Wildman–Crippen LogP) is 4.57. The van der Waals surface area contributed by atoms with E-state index in [1.54, 1.807) is 12.3 Å². The lowest BCUT2D eigenvalue weighted by atomic mass is 10.2. The van der Waals surface area contributed by atoms with E-state index in [4.69, 9.17) is 0 Å². The monoisotopic (exact) mass is 373 g/mol. The number of nitrogens with zero attached hydrogens (tertiary/aromatic N) is 1. The van der Waals surface area contributed by atoms with Crippen molar-refractivity contribution in [3.05, 3.63) is 52.3 Å². The van der Waals surface area contributed by atoms with Crippen LogP contribution >= 0.6 is 15.9 Å². The first kappa shape index (κ1) is 16.0. The molecule has 2 aromatic rings. The Morgan fingerprint density at radius 2 is 1.91 bits per heavy atom. The molecule has 23 heavy (non-hydrogen) atoms. The van der Waals surface area contributed by atoms with Crippen LogP contribution in [0.25, 0.3) is 0 Å². The zero-order valence-corrected chi connectivity index (χ0v) is 14.7. The van der Waals surface area contributed by atoms with Crippen LogP contribution in [0.5, 0.6) is 0 Å². The number of anilines is 2. The van der Waals surface area contributed by atoms with Crippen molar-refractivity contribution in [3.63, 3.8) is 0 Å². The molecule has 1 aliphatic rings. The largest absolute Gasteiger partial charge is 0.355 e.